The molecular weight excluding hydrogens is 358 g/mol. The monoisotopic (exact) mass is 383 g/mol. The third-order valence-electron chi connectivity index (χ3n) is 3.91. The van der Waals surface area contributed by atoms with Gasteiger partial charge in [-0.1, -0.05) is 0 Å². The zero-order chi connectivity index (χ0) is 20.1. The van der Waals surface area contributed by atoms with Crippen LogP contribution < -0.4 is 5.32 Å². The molecule has 0 spiro atoms. The van der Waals surface area contributed by atoms with Gasteiger partial charge >= 0.3 is 0 Å². The van der Waals surface area contributed by atoms with E-state index in [1.165, 1.54) is 0 Å². The molecule has 1 saturated heterocycles. The summed E-state index contributed by atoms with van der Waals surface area (Å²) in [5, 5.41) is 69.7. The Hall–Kier alpha value is -1.22. The average molecular weight is 383 g/mol. The van der Waals surface area contributed by atoms with Gasteiger partial charge in [0.25, 0.3) is 0 Å². The standard InChI is InChI=1S/C14H25NO11/c1-6(19)15-14(24,5-18)13(23)12(8(21)3-16)26-10-2-7(20)11(22)9(4-17)25-10/h5,7-13,16-17,20-24H,2-4H2,1H3,(H,15,19)/t7-,8-,9-,10+,11-,12-,13+,14+/m1/s1. The second-order valence-electron chi connectivity index (χ2n) is 6.00. The maximum atomic E-state index is 11.1. The maximum Gasteiger partial charge on any atom is 0.224 e. The fourth-order valence-electron chi connectivity index (χ4n) is 2.51. The van der Waals surface area contributed by atoms with Crippen molar-refractivity contribution in [1.29, 1.82) is 0 Å². The van der Waals surface area contributed by atoms with Crippen molar-refractivity contribution in [2.45, 2.75) is 62.0 Å². The SMILES string of the molecule is CC(=O)N[C@](O)(C=O)[C@@H](O)[C@H](O[C@H]1C[C@@H](O)[C@@H](O)[C@@H](CO)O1)[C@H](O)CO. The molecule has 8 atom stereocenters. The normalized spacial score (nSPS) is 32.2. The summed E-state index contributed by atoms with van der Waals surface area (Å²) in [6, 6.07) is 0. The van der Waals surface area contributed by atoms with Gasteiger partial charge in [-0.15, -0.1) is 0 Å². The van der Waals surface area contributed by atoms with Crippen LogP contribution in [0.4, 0.5) is 0 Å². The third-order valence-corrected chi connectivity index (χ3v) is 3.91. The fourth-order valence-corrected chi connectivity index (χ4v) is 2.51. The summed E-state index contributed by atoms with van der Waals surface area (Å²) < 4.78 is 10.4. The van der Waals surface area contributed by atoms with Crippen molar-refractivity contribution in [3.05, 3.63) is 0 Å². The van der Waals surface area contributed by atoms with Crippen molar-refractivity contribution in [2.75, 3.05) is 13.2 Å². The smallest absolute Gasteiger partial charge is 0.224 e. The van der Waals surface area contributed by atoms with Crippen LogP contribution in [0.2, 0.25) is 0 Å². The third kappa shape index (κ3) is 5.39. The Labute approximate surface area is 148 Å². The second kappa shape index (κ2) is 9.64. The highest BCUT2D eigenvalue weighted by atomic mass is 16.7. The van der Waals surface area contributed by atoms with Gasteiger partial charge in [-0.25, -0.2) is 0 Å². The Morgan fingerprint density at radius 2 is 2.00 bits per heavy atom. The van der Waals surface area contributed by atoms with Gasteiger partial charge in [0, 0.05) is 13.3 Å². The molecule has 12 heteroatoms. The van der Waals surface area contributed by atoms with Crippen molar-refractivity contribution < 1.29 is 54.8 Å². The summed E-state index contributed by atoms with van der Waals surface area (Å²) in [7, 11) is 0. The number of rotatable bonds is 9. The van der Waals surface area contributed by atoms with Gasteiger partial charge in [-0.2, -0.15) is 0 Å². The lowest BCUT2D eigenvalue weighted by atomic mass is 9.97. The molecule has 12 nitrogen and oxygen atoms in total. The minimum absolute atomic E-state index is 0.184. The number of amides is 1. The van der Waals surface area contributed by atoms with Gasteiger partial charge in [0.05, 0.1) is 19.3 Å². The van der Waals surface area contributed by atoms with Crippen LogP contribution in [0.1, 0.15) is 13.3 Å². The number of nitrogens with one attached hydrogen (secondary N) is 1. The topological polar surface area (TPSA) is 206 Å². The first-order valence-electron chi connectivity index (χ1n) is 7.82. The van der Waals surface area contributed by atoms with E-state index in [0.717, 1.165) is 6.92 Å². The molecule has 1 fully saturated rings. The Morgan fingerprint density at radius 3 is 2.46 bits per heavy atom. The van der Waals surface area contributed by atoms with E-state index in [1.807, 2.05) is 0 Å². The minimum atomic E-state index is -2.84. The summed E-state index contributed by atoms with van der Waals surface area (Å²) in [5.74, 6) is -0.872. The van der Waals surface area contributed by atoms with Crippen LogP contribution in [-0.2, 0) is 19.1 Å². The first kappa shape index (κ1) is 22.8. The number of aliphatic hydroxyl groups excluding tert-OH is 6. The van der Waals surface area contributed by atoms with Crippen LogP contribution in [0.3, 0.4) is 0 Å². The molecule has 8 N–H and O–H groups in total. The Morgan fingerprint density at radius 1 is 1.38 bits per heavy atom. The number of aliphatic hydroxyl groups is 7. The molecule has 1 amide bonds. The lowest BCUT2D eigenvalue weighted by Gasteiger charge is -2.41. The Balaban J connectivity index is 2.99. The van der Waals surface area contributed by atoms with Crippen LogP contribution >= 0.6 is 0 Å². The lowest BCUT2D eigenvalue weighted by molar-refractivity contribution is -0.295. The van der Waals surface area contributed by atoms with E-state index in [2.05, 4.69) is 0 Å². The van der Waals surface area contributed by atoms with Crippen LogP contribution in [0.15, 0.2) is 0 Å². The number of hydrogen-bond donors (Lipinski definition) is 8. The van der Waals surface area contributed by atoms with Crippen molar-refractivity contribution in [2.24, 2.45) is 0 Å². The summed E-state index contributed by atoms with van der Waals surface area (Å²) in [4.78, 5) is 22.3. The van der Waals surface area contributed by atoms with Crippen LogP contribution in [0, 0.1) is 0 Å². The highest BCUT2D eigenvalue weighted by Crippen LogP contribution is 2.25. The van der Waals surface area contributed by atoms with E-state index in [-0.39, 0.29) is 12.7 Å². The van der Waals surface area contributed by atoms with Crippen molar-refractivity contribution >= 4 is 12.2 Å². The fraction of sp³-hybridized carbons (Fsp3) is 0.857. The molecule has 1 aliphatic rings. The second-order valence-corrected chi connectivity index (χ2v) is 6.00. The average Bonchev–Trinajstić information content (AvgIpc) is 2.60. The maximum absolute atomic E-state index is 11.1. The highest BCUT2D eigenvalue weighted by molar-refractivity contribution is 5.79. The molecule has 0 aliphatic carbocycles. The molecular formula is C14H25NO11. The highest BCUT2D eigenvalue weighted by Gasteiger charge is 2.47. The number of ether oxygens (including phenoxy) is 2. The molecule has 0 unspecified atom stereocenters. The van der Waals surface area contributed by atoms with Crippen molar-refractivity contribution in [3.8, 4) is 0 Å². The molecule has 0 aromatic carbocycles. The quantitative estimate of drug-likeness (QED) is 0.140. The molecule has 26 heavy (non-hydrogen) atoms. The first-order valence-corrected chi connectivity index (χ1v) is 7.82. The van der Waals surface area contributed by atoms with Gasteiger partial charge in [0.15, 0.2) is 12.6 Å². The summed E-state index contributed by atoms with van der Waals surface area (Å²) in [5.41, 5.74) is -2.84. The predicted molar refractivity (Wildman–Crippen MR) is 81.2 cm³/mol. The Bertz CT molecular complexity index is 478. The van der Waals surface area contributed by atoms with Crippen LogP contribution in [0.25, 0.3) is 0 Å². The van der Waals surface area contributed by atoms with E-state index in [9.17, 15) is 35.1 Å². The molecule has 0 saturated carbocycles. The van der Waals surface area contributed by atoms with E-state index in [0.29, 0.717) is 0 Å². The van der Waals surface area contributed by atoms with Crippen LogP contribution in [0.5, 0.6) is 0 Å². The van der Waals surface area contributed by atoms with E-state index < -0.39 is 67.8 Å². The predicted octanol–water partition coefficient (Wildman–Crippen LogP) is -5.06. The number of aldehydes is 1. The molecule has 152 valence electrons. The zero-order valence-electron chi connectivity index (χ0n) is 14.0. The minimum Gasteiger partial charge on any atom is -0.394 e. The number of carbonyl (C=O) groups excluding carboxylic acids is 2. The molecule has 1 rings (SSSR count). The van der Waals surface area contributed by atoms with Gasteiger partial charge < -0.3 is 50.5 Å². The van der Waals surface area contributed by atoms with Gasteiger partial charge in [0.2, 0.25) is 11.6 Å². The molecule has 1 aliphatic heterocycles. The Kier molecular flexibility index (Phi) is 8.46. The zero-order valence-corrected chi connectivity index (χ0v) is 14.0. The number of hydrogen-bond acceptors (Lipinski definition) is 11. The number of carbonyl (C=O) groups is 2. The molecule has 0 aromatic rings. The van der Waals surface area contributed by atoms with Crippen molar-refractivity contribution in [3.63, 3.8) is 0 Å². The first-order chi connectivity index (χ1) is 12.1. The van der Waals surface area contributed by atoms with Gasteiger partial charge in [-0.05, 0) is 0 Å². The van der Waals surface area contributed by atoms with Gasteiger partial charge in [0.1, 0.15) is 30.5 Å². The lowest BCUT2D eigenvalue weighted by Crippen LogP contribution is -2.65. The van der Waals surface area contributed by atoms with E-state index in [1.54, 1.807) is 5.32 Å². The molecule has 0 radical (unpaired) electrons. The summed E-state index contributed by atoms with van der Waals surface area (Å²) in [6.07, 6.45) is -11.8. The summed E-state index contributed by atoms with van der Waals surface area (Å²) in [6.45, 7) is -0.649. The molecule has 1 heterocycles. The largest absolute Gasteiger partial charge is 0.394 e. The van der Waals surface area contributed by atoms with Crippen molar-refractivity contribution in [1.82, 2.24) is 5.32 Å². The molecule has 0 aromatic heterocycles. The van der Waals surface area contributed by atoms with Crippen LogP contribution in [-0.4, -0.2) is 110 Å². The molecule has 0 bridgehead atoms. The van der Waals surface area contributed by atoms with Gasteiger partial charge in [-0.3, -0.25) is 9.59 Å². The van der Waals surface area contributed by atoms with E-state index >= 15 is 0 Å². The summed E-state index contributed by atoms with van der Waals surface area (Å²) >= 11 is 0. The van der Waals surface area contributed by atoms with E-state index in [4.69, 9.17) is 19.7 Å².